The normalized spacial score (nSPS) is 17.0. The number of nitrogens with one attached hydrogen (secondary N) is 2. The van der Waals surface area contributed by atoms with Crippen molar-refractivity contribution in [3.8, 4) is 5.75 Å². The van der Waals surface area contributed by atoms with Crippen molar-refractivity contribution in [1.29, 1.82) is 0 Å². The number of nitrogen functional groups attached to an aromatic ring is 1. The molecule has 0 bridgehead atoms. The van der Waals surface area contributed by atoms with Gasteiger partial charge < -0.3 is 30.4 Å². The van der Waals surface area contributed by atoms with E-state index in [9.17, 15) is 9.90 Å². The highest BCUT2D eigenvalue weighted by Gasteiger charge is 2.23. The first-order valence-corrected chi connectivity index (χ1v) is 9.68. The first-order chi connectivity index (χ1) is 13.6. The summed E-state index contributed by atoms with van der Waals surface area (Å²) in [6.45, 7) is 2.67. The van der Waals surface area contributed by atoms with Crippen LogP contribution in [-0.4, -0.2) is 52.3 Å². The van der Waals surface area contributed by atoms with Crippen LogP contribution >= 0.6 is 0 Å². The van der Waals surface area contributed by atoms with Crippen LogP contribution in [0.1, 0.15) is 24.3 Å². The maximum absolute atomic E-state index is 11.4. The number of hydrogen-bond donors (Lipinski definition) is 4. The third-order valence-corrected chi connectivity index (χ3v) is 5.42. The second-order valence-electron chi connectivity index (χ2n) is 7.46. The van der Waals surface area contributed by atoms with Gasteiger partial charge >= 0.3 is 5.69 Å². The molecule has 1 aliphatic heterocycles. The molecule has 1 aliphatic rings. The summed E-state index contributed by atoms with van der Waals surface area (Å²) in [5, 5.41) is 10.3. The number of hydrogen-bond acceptors (Lipinski definition) is 5. The van der Waals surface area contributed by atoms with E-state index in [1.54, 1.807) is 6.07 Å². The third-order valence-electron chi connectivity index (χ3n) is 5.42. The minimum absolute atomic E-state index is 0.171. The van der Waals surface area contributed by atoms with Gasteiger partial charge in [-0.1, -0.05) is 18.2 Å². The summed E-state index contributed by atoms with van der Waals surface area (Å²) in [5.41, 5.74) is 9.22. The Kier molecular flexibility index (Phi) is 5.36. The molecule has 0 saturated carbocycles. The Balaban J connectivity index is 1.27. The molecule has 1 atom stereocenters. The number of aliphatic hydroxyl groups is 1. The lowest BCUT2D eigenvalue weighted by atomic mass is 9.89. The standard InChI is InChI=1S/C21H26N4O3/c22-17-3-1-2-4-20(17)28-13-16(26)12-25-9-7-14(8-10-25)15-5-6-18-19(11-15)24-21(27)23-18/h1-6,11,14,16,26H,7-10,12-13,22H2,(H2,23,24,27). The number of aromatic amines is 2. The van der Waals surface area contributed by atoms with Crippen molar-refractivity contribution in [2.45, 2.75) is 24.9 Å². The van der Waals surface area contributed by atoms with E-state index in [0.29, 0.717) is 23.9 Å². The van der Waals surface area contributed by atoms with E-state index in [1.165, 1.54) is 5.56 Å². The minimum atomic E-state index is -0.558. The zero-order valence-corrected chi connectivity index (χ0v) is 15.7. The number of imidazole rings is 1. The van der Waals surface area contributed by atoms with E-state index < -0.39 is 6.10 Å². The second-order valence-corrected chi connectivity index (χ2v) is 7.46. The summed E-state index contributed by atoms with van der Waals surface area (Å²) >= 11 is 0. The number of H-pyrrole nitrogens is 2. The molecule has 0 aliphatic carbocycles. The molecule has 0 spiro atoms. The van der Waals surface area contributed by atoms with Crippen molar-refractivity contribution in [1.82, 2.24) is 14.9 Å². The average Bonchev–Trinajstić information content (AvgIpc) is 3.07. The lowest BCUT2D eigenvalue weighted by molar-refractivity contribution is 0.0597. The molecule has 0 amide bonds. The quantitative estimate of drug-likeness (QED) is 0.488. The van der Waals surface area contributed by atoms with Crippen LogP contribution in [0.25, 0.3) is 11.0 Å². The molecule has 3 aromatic rings. The first kappa shape index (κ1) is 18.6. The molecule has 1 aromatic heterocycles. The number of ether oxygens (including phenoxy) is 1. The van der Waals surface area contributed by atoms with Crippen molar-refractivity contribution >= 4 is 16.7 Å². The Hall–Kier alpha value is -2.77. The fraction of sp³-hybridized carbons (Fsp3) is 0.381. The zero-order chi connectivity index (χ0) is 19.5. The van der Waals surface area contributed by atoms with E-state index in [-0.39, 0.29) is 12.3 Å². The van der Waals surface area contributed by atoms with Gasteiger partial charge in [0.15, 0.2) is 0 Å². The van der Waals surface area contributed by atoms with Crippen molar-refractivity contribution in [2.75, 3.05) is 32.0 Å². The monoisotopic (exact) mass is 382 g/mol. The van der Waals surface area contributed by atoms with Crippen LogP contribution in [-0.2, 0) is 0 Å². The van der Waals surface area contributed by atoms with E-state index >= 15 is 0 Å². The summed E-state index contributed by atoms with van der Waals surface area (Å²) in [5.74, 6) is 1.08. The maximum atomic E-state index is 11.4. The number of anilines is 1. The summed E-state index contributed by atoms with van der Waals surface area (Å²) in [4.78, 5) is 19.3. The molecule has 7 heteroatoms. The lowest BCUT2D eigenvalue weighted by Crippen LogP contribution is -2.40. The molecule has 1 saturated heterocycles. The number of likely N-dealkylation sites (tertiary alicyclic amines) is 1. The number of nitrogens with zero attached hydrogens (tertiary/aromatic N) is 1. The van der Waals surface area contributed by atoms with Crippen molar-refractivity contribution in [2.24, 2.45) is 0 Å². The van der Waals surface area contributed by atoms with Gasteiger partial charge in [0.05, 0.1) is 16.7 Å². The van der Waals surface area contributed by atoms with Gasteiger partial charge in [0.2, 0.25) is 0 Å². The number of aliphatic hydroxyl groups excluding tert-OH is 1. The molecule has 7 nitrogen and oxygen atoms in total. The topological polar surface area (TPSA) is 107 Å². The smallest absolute Gasteiger partial charge is 0.323 e. The Morgan fingerprint density at radius 3 is 2.68 bits per heavy atom. The Morgan fingerprint density at radius 2 is 1.89 bits per heavy atom. The molecule has 1 fully saturated rings. The molecular formula is C21H26N4O3. The van der Waals surface area contributed by atoms with Gasteiger partial charge in [-0.2, -0.15) is 0 Å². The van der Waals surface area contributed by atoms with Gasteiger partial charge in [-0.3, -0.25) is 0 Å². The Bertz CT molecular complexity index is 988. The van der Waals surface area contributed by atoms with Crippen molar-refractivity contribution in [3.05, 3.63) is 58.5 Å². The highest BCUT2D eigenvalue weighted by Crippen LogP contribution is 2.29. The highest BCUT2D eigenvalue weighted by atomic mass is 16.5. The first-order valence-electron chi connectivity index (χ1n) is 9.68. The van der Waals surface area contributed by atoms with Gasteiger partial charge in [0, 0.05) is 6.54 Å². The fourth-order valence-electron chi connectivity index (χ4n) is 3.90. The Labute approximate surface area is 163 Å². The van der Waals surface area contributed by atoms with E-state index in [2.05, 4.69) is 27.0 Å². The number of benzene rings is 2. The van der Waals surface area contributed by atoms with Crippen LogP contribution < -0.4 is 16.2 Å². The third kappa shape index (κ3) is 4.21. The van der Waals surface area contributed by atoms with Crippen LogP contribution in [0.3, 0.4) is 0 Å². The summed E-state index contributed by atoms with van der Waals surface area (Å²) in [6.07, 6.45) is 1.50. The number of β-amino-alcohol motifs (C(OH)–C–C–N with tert-alkyl or cyclic N) is 1. The number of para-hydroxylation sites is 2. The number of piperidine rings is 1. The molecule has 148 valence electrons. The summed E-state index contributed by atoms with van der Waals surface area (Å²) < 4.78 is 5.64. The highest BCUT2D eigenvalue weighted by molar-refractivity contribution is 5.75. The van der Waals surface area contributed by atoms with E-state index in [0.717, 1.165) is 37.0 Å². The molecule has 0 radical (unpaired) electrons. The minimum Gasteiger partial charge on any atom is -0.489 e. The molecule has 1 unspecified atom stereocenters. The predicted octanol–water partition coefficient (Wildman–Crippen LogP) is 2.06. The van der Waals surface area contributed by atoms with Crippen LogP contribution in [0.4, 0.5) is 5.69 Å². The predicted molar refractivity (Wildman–Crippen MR) is 110 cm³/mol. The molecular weight excluding hydrogens is 356 g/mol. The number of rotatable bonds is 6. The van der Waals surface area contributed by atoms with E-state index in [1.807, 2.05) is 24.3 Å². The van der Waals surface area contributed by atoms with E-state index in [4.69, 9.17) is 10.5 Å². The van der Waals surface area contributed by atoms with Gasteiger partial charge in [0.1, 0.15) is 18.5 Å². The van der Waals surface area contributed by atoms with Gasteiger partial charge in [-0.15, -0.1) is 0 Å². The fourth-order valence-corrected chi connectivity index (χ4v) is 3.90. The number of nitrogens with two attached hydrogens (primary N) is 1. The molecule has 2 aromatic carbocycles. The number of aromatic nitrogens is 2. The average molecular weight is 382 g/mol. The lowest BCUT2D eigenvalue weighted by Gasteiger charge is -2.33. The Morgan fingerprint density at radius 1 is 1.14 bits per heavy atom. The maximum Gasteiger partial charge on any atom is 0.323 e. The van der Waals surface area contributed by atoms with Crippen LogP contribution in [0, 0.1) is 0 Å². The van der Waals surface area contributed by atoms with Crippen LogP contribution in [0.5, 0.6) is 5.75 Å². The largest absolute Gasteiger partial charge is 0.489 e. The SMILES string of the molecule is Nc1ccccc1OCC(O)CN1CCC(c2ccc3[nH]c(=O)[nH]c3c2)CC1. The summed E-state index contributed by atoms with van der Waals surface area (Å²) in [6, 6.07) is 13.4. The van der Waals surface area contributed by atoms with Crippen LogP contribution in [0.15, 0.2) is 47.3 Å². The zero-order valence-electron chi connectivity index (χ0n) is 15.7. The van der Waals surface area contributed by atoms with Gasteiger partial charge in [-0.25, -0.2) is 4.79 Å². The number of fused-ring (bicyclic) bond motifs is 1. The summed E-state index contributed by atoms with van der Waals surface area (Å²) in [7, 11) is 0. The van der Waals surface area contributed by atoms with Gasteiger partial charge in [-0.05, 0) is 61.7 Å². The molecule has 28 heavy (non-hydrogen) atoms. The molecule has 2 heterocycles. The molecule has 4 rings (SSSR count). The molecule has 5 N–H and O–H groups in total. The second kappa shape index (κ2) is 8.08. The van der Waals surface area contributed by atoms with Crippen molar-refractivity contribution in [3.63, 3.8) is 0 Å². The van der Waals surface area contributed by atoms with Gasteiger partial charge in [0.25, 0.3) is 0 Å². The van der Waals surface area contributed by atoms with Crippen molar-refractivity contribution < 1.29 is 9.84 Å². The van der Waals surface area contributed by atoms with Crippen LogP contribution in [0.2, 0.25) is 0 Å².